The Bertz CT molecular complexity index is 682. The van der Waals surface area contributed by atoms with Gasteiger partial charge in [-0.05, 0) is 42.0 Å². The molecule has 118 valence electrons. The van der Waals surface area contributed by atoms with Crippen LogP contribution in [0.2, 0.25) is 0 Å². The van der Waals surface area contributed by atoms with Crippen LogP contribution in [0.1, 0.15) is 12.0 Å². The molecule has 1 aliphatic heterocycles. The lowest BCUT2D eigenvalue weighted by atomic mass is 9.86. The highest BCUT2D eigenvalue weighted by molar-refractivity contribution is 7.92. The molecule has 1 aromatic rings. The molecule has 1 aliphatic carbocycles. The Kier molecular flexibility index (Phi) is 4.42. The lowest BCUT2D eigenvalue weighted by molar-refractivity contribution is 0.140. The van der Waals surface area contributed by atoms with Crippen LogP contribution in [-0.4, -0.2) is 27.7 Å². The summed E-state index contributed by atoms with van der Waals surface area (Å²) in [5, 5.41) is 1.11. The van der Waals surface area contributed by atoms with E-state index in [1.165, 1.54) is 30.3 Å². The second-order valence-electron chi connectivity index (χ2n) is 5.66. The van der Waals surface area contributed by atoms with Crippen LogP contribution in [-0.2, 0) is 14.8 Å². The number of ether oxygens (including phenoxy) is 1. The number of rotatable bonds is 5. The predicted molar refractivity (Wildman–Crippen MR) is 82.8 cm³/mol. The van der Waals surface area contributed by atoms with Crippen LogP contribution in [0.3, 0.4) is 0 Å². The summed E-state index contributed by atoms with van der Waals surface area (Å²) in [5.74, 6) is 0.214. The summed E-state index contributed by atoms with van der Waals surface area (Å²) in [7, 11) is -3.51. The highest BCUT2D eigenvalue weighted by atomic mass is 32.2. The summed E-state index contributed by atoms with van der Waals surface area (Å²) in [4.78, 5) is 0. The van der Waals surface area contributed by atoms with Gasteiger partial charge in [0, 0.05) is 12.0 Å². The molecule has 1 heterocycles. The van der Waals surface area contributed by atoms with E-state index in [9.17, 15) is 12.8 Å². The molecule has 22 heavy (non-hydrogen) atoms. The van der Waals surface area contributed by atoms with Crippen LogP contribution in [0.4, 0.5) is 4.39 Å². The fraction of sp³-hybridized carbons (Fsp3) is 0.375. The summed E-state index contributed by atoms with van der Waals surface area (Å²) in [5.41, 5.74) is 0.636. The van der Waals surface area contributed by atoms with Crippen molar-refractivity contribution in [3.63, 3.8) is 0 Å². The Morgan fingerprint density at radius 1 is 1.27 bits per heavy atom. The van der Waals surface area contributed by atoms with Crippen molar-refractivity contribution in [3.8, 4) is 0 Å². The molecule has 1 saturated heterocycles. The van der Waals surface area contributed by atoms with Crippen molar-refractivity contribution >= 4 is 16.1 Å². The zero-order valence-electron chi connectivity index (χ0n) is 12.0. The van der Waals surface area contributed by atoms with E-state index in [1.54, 1.807) is 0 Å². The number of halogens is 1. The molecule has 1 aromatic carbocycles. The van der Waals surface area contributed by atoms with Gasteiger partial charge in [-0.1, -0.05) is 24.3 Å². The van der Waals surface area contributed by atoms with E-state index < -0.39 is 10.0 Å². The Morgan fingerprint density at radius 2 is 2.05 bits per heavy atom. The van der Waals surface area contributed by atoms with E-state index in [-0.39, 0.29) is 17.8 Å². The van der Waals surface area contributed by atoms with Crippen LogP contribution in [0, 0.1) is 17.7 Å². The molecule has 0 aromatic heterocycles. The van der Waals surface area contributed by atoms with Gasteiger partial charge < -0.3 is 4.74 Å². The van der Waals surface area contributed by atoms with Gasteiger partial charge in [-0.25, -0.2) is 17.5 Å². The third kappa shape index (κ3) is 3.82. The van der Waals surface area contributed by atoms with E-state index in [0.717, 1.165) is 11.8 Å². The molecule has 0 amide bonds. The maximum absolute atomic E-state index is 12.8. The van der Waals surface area contributed by atoms with Crippen LogP contribution in [0.15, 0.2) is 41.8 Å². The number of nitrogens with one attached hydrogen (secondary N) is 1. The van der Waals surface area contributed by atoms with Crippen molar-refractivity contribution in [3.05, 3.63) is 53.2 Å². The largest absolute Gasteiger partial charge is 0.374 e. The van der Waals surface area contributed by atoms with Gasteiger partial charge in [0.2, 0.25) is 10.0 Å². The Balaban J connectivity index is 1.58. The van der Waals surface area contributed by atoms with Crippen LogP contribution in [0.25, 0.3) is 6.08 Å². The average Bonchev–Trinajstić information content (AvgIpc) is 2.88. The molecule has 0 radical (unpaired) electrons. The molecule has 3 rings (SSSR count). The van der Waals surface area contributed by atoms with Gasteiger partial charge in [0.15, 0.2) is 0 Å². The molecule has 0 unspecified atom stereocenters. The first-order chi connectivity index (χ1) is 10.5. The highest BCUT2D eigenvalue weighted by Crippen LogP contribution is 2.32. The molecule has 1 fully saturated rings. The zero-order chi connectivity index (χ0) is 15.6. The van der Waals surface area contributed by atoms with Gasteiger partial charge in [-0.3, -0.25) is 0 Å². The van der Waals surface area contributed by atoms with Gasteiger partial charge >= 0.3 is 0 Å². The summed E-state index contributed by atoms with van der Waals surface area (Å²) in [6.07, 6.45) is 6.67. The fourth-order valence-electron chi connectivity index (χ4n) is 2.78. The minimum atomic E-state index is -3.51. The van der Waals surface area contributed by atoms with Crippen molar-refractivity contribution in [1.82, 2.24) is 4.72 Å². The summed E-state index contributed by atoms with van der Waals surface area (Å²) >= 11 is 0. The molecular weight excluding hydrogens is 305 g/mol. The SMILES string of the molecule is O=S(=O)(/C=C/c1ccc(F)cc1)NC[C@@H]1C=C[C@H]2C[C@@H]1CO2. The second-order valence-corrected chi connectivity index (χ2v) is 7.31. The predicted octanol–water partition coefficient (Wildman–Crippen LogP) is 2.31. The topological polar surface area (TPSA) is 55.4 Å². The quantitative estimate of drug-likeness (QED) is 0.846. The molecule has 1 N–H and O–H groups in total. The van der Waals surface area contributed by atoms with Crippen molar-refractivity contribution in [2.45, 2.75) is 12.5 Å². The molecule has 4 nitrogen and oxygen atoms in total. The summed E-state index contributed by atoms with van der Waals surface area (Å²) in [6, 6.07) is 5.65. The van der Waals surface area contributed by atoms with E-state index in [4.69, 9.17) is 4.74 Å². The maximum Gasteiger partial charge on any atom is 0.233 e. The maximum atomic E-state index is 12.8. The third-order valence-electron chi connectivity index (χ3n) is 4.07. The van der Waals surface area contributed by atoms with Gasteiger partial charge in [-0.2, -0.15) is 0 Å². The number of fused-ring (bicyclic) bond motifs is 2. The van der Waals surface area contributed by atoms with Gasteiger partial charge in [0.1, 0.15) is 5.82 Å². The zero-order valence-corrected chi connectivity index (χ0v) is 12.8. The average molecular weight is 323 g/mol. The Labute approximate surface area is 129 Å². The minimum Gasteiger partial charge on any atom is -0.374 e. The third-order valence-corrected chi connectivity index (χ3v) is 5.13. The monoisotopic (exact) mass is 323 g/mol. The van der Waals surface area contributed by atoms with E-state index in [1.807, 2.05) is 12.2 Å². The summed E-state index contributed by atoms with van der Waals surface area (Å²) < 4.78 is 44.9. The van der Waals surface area contributed by atoms with Gasteiger partial charge in [-0.15, -0.1) is 0 Å². The number of hydrogen-bond acceptors (Lipinski definition) is 3. The molecule has 6 heteroatoms. The molecule has 2 bridgehead atoms. The van der Waals surface area contributed by atoms with Crippen LogP contribution in [0.5, 0.6) is 0 Å². The van der Waals surface area contributed by atoms with Crippen molar-refractivity contribution in [2.75, 3.05) is 13.2 Å². The highest BCUT2D eigenvalue weighted by Gasteiger charge is 2.33. The van der Waals surface area contributed by atoms with Gasteiger partial charge in [0.05, 0.1) is 12.7 Å². The first-order valence-corrected chi connectivity index (χ1v) is 8.80. The number of hydrogen-bond donors (Lipinski definition) is 1. The van der Waals surface area contributed by atoms with Crippen molar-refractivity contribution in [1.29, 1.82) is 0 Å². The first-order valence-electron chi connectivity index (χ1n) is 7.25. The lowest BCUT2D eigenvalue weighted by Gasteiger charge is -2.21. The van der Waals surface area contributed by atoms with Crippen LogP contribution >= 0.6 is 0 Å². The molecule has 2 aliphatic rings. The van der Waals surface area contributed by atoms with E-state index >= 15 is 0 Å². The normalized spacial score (nSPS) is 27.6. The molecular formula is C16H18FNO3S. The fourth-order valence-corrected chi connectivity index (χ4v) is 3.63. The number of sulfonamides is 1. The molecule has 3 atom stereocenters. The molecule has 0 saturated carbocycles. The number of benzene rings is 1. The summed E-state index contributed by atoms with van der Waals surface area (Å²) in [6.45, 7) is 1.06. The minimum absolute atomic E-state index is 0.174. The van der Waals surface area contributed by atoms with Gasteiger partial charge in [0.25, 0.3) is 0 Å². The Morgan fingerprint density at radius 3 is 2.82 bits per heavy atom. The van der Waals surface area contributed by atoms with E-state index in [2.05, 4.69) is 4.72 Å². The van der Waals surface area contributed by atoms with Crippen molar-refractivity contribution in [2.24, 2.45) is 11.8 Å². The van der Waals surface area contributed by atoms with E-state index in [0.29, 0.717) is 24.6 Å². The van der Waals surface area contributed by atoms with Crippen LogP contribution < -0.4 is 4.72 Å². The van der Waals surface area contributed by atoms with Crippen molar-refractivity contribution < 1.29 is 17.5 Å². The second kappa shape index (κ2) is 6.32. The first kappa shape index (κ1) is 15.4. The molecule has 0 spiro atoms. The lowest BCUT2D eigenvalue weighted by Crippen LogP contribution is -2.32. The standard InChI is InChI=1S/C16H18FNO3S/c17-15-4-1-12(2-5-15)7-8-22(19,20)18-10-13-3-6-16-9-14(13)11-21-16/h1-8,13-14,16,18H,9-11H2/b8-7+/t13-,14+,16-/m0/s1. The smallest absolute Gasteiger partial charge is 0.233 e. The Hall–Kier alpha value is -1.50.